The second-order valence-corrected chi connectivity index (χ2v) is 13.0. The van der Waals surface area contributed by atoms with Crippen LogP contribution in [0.15, 0.2) is 60.8 Å². The molecule has 3 aromatic rings. The SMILES string of the molecule is CC(C)[C@H](N)C(=O)N[C@@H](C)C(=O)NCCCN(C(=O)CO)C(c1cc(-c2cc(F)ccc2F)cn1Cc1ccccc1)C(C)(C)C. The number of amides is 3. The van der Waals surface area contributed by atoms with Gasteiger partial charge in [0, 0.05) is 42.7 Å². The number of nitrogens with one attached hydrogen (secondary N) is 2. The van der Waals surface area contributed by atoms with E-state index in [0.29, 0.717) is 24.2 Å². The Morgan fingerprint density at radius 1 is 1.00 bits per heavy atom. The van der Waals surface area contributed by atoms with Crippen LogP contribution >= 0.6 is 0 Å². The maximum absolute atomic E-state index is 14.9. The minimum atomic E-state index is -0.808. The van der Waals surface area contributed by atoms with E-state index in [9.17, 15) is 28.3 Å². The average molecular weight is 640 g/mol. The van der Waals surface area contributed by atoms with Crippen molar-refractivity contribution in [1.29, 1.82) is 0 Å². The van der Waals surface area contributed by atoms with Gasteiger partial charge in [0.15, 0.2) is 0 Å². The van der Waals surface area contributed by atoms with Crippen molar-refractivity contribution in [2.75, 3.05) is 19.7 Å². The molecule has 0 aliphatic rings. The number of carbonyl (C=O) groups is 3. The molecule has 1 unspecified atom stereocenters. The minimum Gasteiger partial charge on any atom is -0.387 e. The molecule has 0 radical (unpaired) electrons. The highest BCUT2D eigenvalue weighted by Gasteiger charge is 2.37. The summed E-state index contributed by atoms with van der Waals surface area (Å²) in [7, 11) is 0. The van der Waals surface area contributed by atoms with Crippen LogP contribution in [-0.2, 0) is 20.9 Å². The first-order chi connectivity index (χ1) is 21.6. The lowest BCUT2D eigenvalue weighted by atomic mass is 9.83. The van der Waals surface area contributed by atoms with Gasteiger partial charge in [0.1, 0.15) is 24.3 Å². The van der Waals surface area contributed by atoms with Crippen LogP contribution in [0, 0.1) is 23.0 Å². The van der Waals surface area contributed by atoms with Crippen molar-refractivity contribution in [2.24, 2.45) is 17.1 Å². The Kier molecular flexibility index (Phi) is 12.6. The highest BCUT2D eigenvalue weighted by Crippen LogP contribution is 2.41. The number of hydrogen-bond acceptors (Lipinski definition) is 5. The minimum absolute atomic E-state index is 0.0844. The third-order valence-electron chi connectivity index (χ3n) is 7.88. The van der Waals surface area contributed by atoms with E-state index in [0.717, 1.165) is 23.8 Å². The zero-order valence-corrected chi connectivity index (χ0v) is 27.5. The number of aromatic nitrogens is 1. The van der Waals surface area contributed by atoms with Crippen LogP contribution in [0.5, 0.6) is 0 Å². The molecular formula is C35H47F2N5O4. The molecule has 0 saturated carbocycles. The molecule has 9 nitrogen and oxygen atoms in total. The van der Waals surface area contributed by atoms with E-state index in [1.54, 1.807) is 24.1 Å². The molecular weight excluding hydrogens is 592 g/mol. The number of carbonyl (C=O) groups excluding carboxylic acids is 3. The van der Waals surface area contributed by atoms with Gasteiger partial charge in [-0.3, -0.25) is 14.4 Å². The predicted molar refractivity (Wildman–Crippen MR) is 174 cm³/mol. The average Bonchev–Trinajstić information content (AvgIpc) is 3.40. The van der Waals surface area contributed by atoms with Gasteiger partial charge in [0.05, 0.1) is 12.1 Å². The largest absolute Gasteiger partial charge is 0.387 e. The van der Waals surface area contributed by atoms with E-state index in [4.69, 9.17) is 5.73 Å². The summed E-state index contributed by atoms with van der Waals surface area (Å²) >= 11 is 0. The van der Waals surface area contributed by atoms with E-state index in [-0.39, 0.29) is 24.6 Å². The molecule has 3 atom stereocenters. The van der Waals surface area contributed by atoms with Crippen LogP contribution in [0.4, 0.5) is 8.78 Å². The van der Waals surface area contributed by atoms with Crippen LogP contribution in [0.3, 0.4) is 0 Å². The van der Waals surface area contributed by atoms with Gasteiger partial charge in [-0.1, -0.05) is 65.0 Å². The Hall–Kier alpha value is -4.09. The quantitative estimate of drug-likeness (QED) is 0.195. The van der Waals surface area contributed by atoms with Crippen LogP contribution in [0.25, 0.3) is 11.1 Å². The Bertz CT molecular complexity index is 1490. The van der Waals surface area contributed by atoms with Crippen molar-refractivity contribution < 1.29 is 28.3 Å². The van der Waals surface area contributed by atoms with E-state index in [1.165, 1.54) is 0 Å². The Labute approximate surface area is 270 Å². The van der Waals surface area contributed by atoms with Gasteiger partial charge in [0.25, 0.3) is 0 Å². The summed E-state index contributed by atoms with van der Waals surface area (Å²) in [5.41, 5.74) is 7.51. The lowest BCUT2D eigenvalue weighted by molar-refractivity contribution is -0.139. The molecule has 11 heteroatoms. The number of nitrogens with zero attached hydrogens (tertiary/aromatic N) is 2. The molecule has 250 valence electrons. The topological polar surface area (TPSA) is 130 Å². The van der Waals surface area contributed by atoms with Gasteiger partial charge in [-0.25, -0.2) is 8.78 Å². The molecule has 3 amide bonds. The molecule has 0 aliphatic carbocycles. The first-order valence-electron chi connectivity index (χ1n) is 15.6. The summed E-state index contributed by atoms with van der Waals surface area (Å²) in [5.74, 6) is -2.55. The van der Waals surface area contributed by atoms with Crippen LogP contribution in [0.1, 0.15) is 65.3 Å². The van der Waals surface area contributed by atoms with E-state index >= 15 is 0 Å². The first-order valence-corrected chi connectivity index (χ1v) is 15.6. The molecule has 1 aromatic heterocycles. The number of halogens is 2. The lowest BCUT2D eigenvalue weighted by Gasteiger charge is -2.41. The van der Waals surface area contributed by atoms with Gasteiger partial charge in [-0.2, -0.15) is 0 Å². The summed E-state index contributed by atoms with van der Waals surface area (Å²) < 4.78 is 31.1. The number of rotatable bonds is 14. The molecule has 2 aromatic carbocycles. The van der Waals surface area contributed by atoms with Crippen molar-refractivity contribution in [3.63, 3.8) is 0 Å². The number of aliphatic hydroxyl groups excluding tert-OH is 1. The molecule has 0 fully saturated rings. The van der Waals surface area contributed by atoms with E-state index < -0.39 is 59.5 Å². The third-order valence-corrected chi connectivity index (χ3v) is 7.88. The van der Waals surface area contributed by atoms with Crippen molar-refractivity contribution in [3.8, 4) is 11.1 Å². The number of benzene rings is 2. The van der Waals surface area contributed by atoms with Crippen LogP contribution in [0.2, 0.25) is 0 Å². The summed E-state index contributed by atoms with van der Waals surface area (Å²) in [4.78, 5) is 39.8. The highest BCUT2D eigenvalue weighted by atomic mass is 19.1. The van der Waals surface area contributed by atoms with Crippen molar-refractivity contribution in [3.05, 3.63) is 83.7 Å². The van der Waals surface area contributed by atoms with Gasteiger partial charge in [0.2, 0.25) is 17.7 Å². The number of nitrogens with two attached hydrogens (primary N) is 1. The second kappa shape index (κ2) is 16.0. The zero-order valence-electron chi connectivity index (χ0n) is 27.5. The molecule has 1 heterocycles. The Balaban J connectivity index is 1.90. The standard InChI is InChI=1S/C35H47F2N5O4/c1-22(2)31(38)34(46)40-23(3)33(45)39-15-10-16-42(30(44)21-43)32(35(4,5)6)29-17-25(27-18-26(36)13-14-28(27)37)20-41(29)19-24-11-8-7-9-12-24/h7-9,11-14,17-18,20,22-23,31-32,43H,10,15-16,19,21,38H2,1-6H3,(H,39,45)(H,40,46)/t23-,31-,32?/m0/s1. The van der Waals surface area contributed by atoms with E-state index in [2.05, 4.69) is 10.6 Å². The van der Waals surface area contributed by atoms with Gasteiger partial charge >= 0.3 is 0 Å². The fourth-order valence-electron chi connectivity index (χ4n) is 5.39. The van der Waals surface area contributed by atoms with E-state index in [1.807, 2.05) is 69.5 Å². The van der Waals surface area contributed by atoms with Crippen molar-refractivity contribution >= 4 is 17.7 Å². The second-order valence-electron chi connectivity index (χ2n) is 13.0. The summed E-state index contributed by atoms with van der Waals surface area (Å²) in [6, 6.07) is 12.6. The van der Waals surface area contributed by atoms with Gasteiger partial charge in [-0.15, -0.1) is 0 Å². The fourth-order valence-corrected chi connectivity index (χ4v) is 5.39. The monoisotopic (exact) mass is 639 g/mol. The molecule has 46 heavy (non-hydrogen) atoms. The predicted octanol–water partition coefficient (Wildman–Crippen LogP) is 4.38. The van der Waals surface area contributed by atoms with Gasteiger partial charge < -0.3 is 30.9 Å². The Morgan fingerprint density at radius 2 is 1.67 bits per heavy atom. The van der Waals surface area contributed by atoms with Crippen molar-refractivity contribution in [1.82, 2.24) is 20.1 Å². The van der Waals surface area contributed by atoms with Crippen LogP contribution in [-0.4, -0.2) is 64.1 Å². The van der Waals surface area contributed by atoms with Crippen LogP contribution < -0.4 is 16.4 Å². The molecule has 3 rings (SSSR count). The molecule has 0 saturated heterocycles. The fraction of sp³-hybridized carbons (Fsp3) is 0.457. The highest BCUT2D eigenvalue weighted by molar-refractivity contribution is 5.89. The smallest absolute Gasteiger partial charge is 0.248 e. The maximum Gasteiger partial charge on any atom is 0.248 e. The summed E-state index contributed by atoms with van der Waals surface area (Å²) in [6.07, 6.45) is 2.10. The normalized spacial score (nSPS) is 13.6. The molecule has 0 bridgehead atoms. The maximum atomic E-state index is 14.9. The number of hydrogen-bond donors (Lipinski definition) is 4. The van der Waals surface area contributed by atoms with Gasteiger partial charge in [-0.05, 0) is 54.5 Å². The lowest BCUT2D eigenvalue weighted by Crippen LogP contribution is -2.52. The zero-order chi connectivity index (χ0) is 34.2. The third kappa shape index (κ3) is 9.46. The Morgan fingerprint density at radius 3 is 2.28 bits per heavy atom. The molecule has 5 N–H and O–H groups in total. The molecule has 0 aliphatic heterocycles. The first kappa shape index (κ1) is 36.4. The summed E-state index contributed by atoms with van der Waals surface area (Å²) in [6.45, 7) is 11.1. The molecule has 0 spiro atoms. The summed E-state index contributed by atoms with van der Waals surface area (Å²) in [5, 5.41) is 15.4. The van der Waals surface area contributed by atoms with Crippen molar-refractivity contribution in [2.45, 2.75) is 72.6 Å². The number of aliphatic hydroxyl groups is 1.